The third-order valence-electron chi connectivity index (χ3n) is 2.76. The van der Waals surface area contributed by atoms with Crippen LogP contribution in [0.1, 0.15) is 22.3 Å². The zero-order valence-corrected chi connectivity index (χ0v) is 9.43. The van der Waals surface area contributed by atoms with E-state index >= 15 is 0 Å². The van der Waals surface area contributed by atoms with Gasteiger partial charge in [-0.05, 0) is 23.1 Å². The quantitative estimate of drug-likeness (QED) is 0.869. The minimum absolute atomic E-state index is 0.0917. The van der Waals surface area contributed by atoms with E-state index in [0.717, 1.165) is 12.0 Å². The molecule has 0 amide bonds. The average Bonchev–Trinajstić information content (AvgIpc) is 2.39. The van der Waals surface area contributed by atoms with Crippen LogP contribution in [0.2, 0.25) is 0 Å². The smallest absolute Gasteiger partial charge is 0.0998 e. The molecular weight excluding hydrogens is 210 g/mol. The van der Waals surface area contributed by atoms with Gasteiger partial charge in [0.2, 0.25) is 0 Å². The molecule has 2 nitrogen and oxygen atoms in total. The number of benzene rings is 2. The Balaban J connectivity index is 2.37. The monoisotopic (exact) mass is 223 g/mol. The molecule has 0 aliphatic rings. The first-order valence-electron chi connectivity index (χ1n) is 5.51. The number of rotatable bonds is 3. The molecule has 2 aromatic rings. The van der Waals surface area contributed by atoms with E-state index in [1.807, 2.05) is 42.5 Å². The van der Waals surface area contributed by atoms with Crippen LogP contribution < -0.4 is 0 Å². The predicted molar refractivity (Wildman–Crippen MR) is 66.3 cm³/mol. The molecule has 1 N–H and O–H groups in total. The Morgan fingerprint density at radius 1 is 0.941 bits per heavy atom. The molecule has 17 heavy (non-hydrogen) atoms. The fourth-order valence-corrected chi connectivity index (χ4v) is 1.89. The second kappa shape index (κ2) is 5.29. The SMILES string of the molecule is N#Cc1c(CO)cccc1Cc1ccccc1. The molecular formula is C15H13NO. The number of nitrogens with zero attached hydrogens (tertiary/aromatic N) is 1. The Kier molecular flexibility index (Phi) is 3.54. The predicted octanol–water partition coefficient (Wildman–Crippen LogP) is 2.64. The molecule has 0 bridgehead atoms. The van der Waals surface area contributed by atoms with Gasteiger partial charge in [0, 0.05) is 0 Å². The molecule has 2 heteroatoms. The first kappa shape index (κ1) is 11.4. The molecule has 0 aromatic heterocycles. The summed E-state index contributed by atoms with van der Waals surface area (Å²) in [6, 6.07) is 17.8. The summed E-state index contributed by atoms with van der Waals surface area (Å²) in [5.74, 6) is 0. The van der Waals surface area contributed by atoms with Crippen LogP contribution in [0, 0.1) is 11.3 Å². The Morgan fingerprint density at radius 2 is 1.65 bits per heavy atom. The molecule has 2 rings (SSSR count). The van der Waals surface area contributed by atoms with Crippen LogP contribution in [0.25, 0.3) is 0 Å². The number of hydrogen-bond acceptors (Lipinski definition) is 2. The highest BCUT2D eigenvalue weighted by molar-refractivity contribution is 5.46. The summed E-state index contributed by atoms with van der Waals surface area (Å²) >= 11 is 0. The van der Waals surface area contributed by atoms with E-state index in [-0.39, 0.29) is 6.61 Å². The number of hydrogen-bond donors (Lipinski definition) is 1. The van der Waals surface area contributed by atoms with Crippen LogP contribution in [0.5, 0.6) is 0 Å². The molecule has 84 valence electrons. The minimum Gasteiger partial charge on any atom is -0.392 e. The second-order valence-electron chi connectivity index (χ2n) is 3.88. The summed E-state index contributed by atoms with van der Waals surface area (Å²) in [5.41, 5.74) is 3.42. The van der Waals surface area contributed by atoms with Gasteiger partial charge in [0.05, 0.1) is 18.2 Å². The molecule has 0 unspecified atom stereocenters. The highest BCUT2D eigenvalue weighted by Gasteiger charge is 2.07. The van der Waals surface area contributed by atoms with E-state index in [9.17, 15) is 5.11 Å². The van der Waals surface area contributed by atoms with Crippen LogP contribution >= 0.6 is 0 Å². The van der Waals surface area contributed by atoms with Gasteiger partial charge in [-0.15, -0.1) is 0 Å². The van der Waals surface area contributed by atoms with E-state index in [2.05, 4.69) is 6.07 Å². The van der Waals surface area contributed by atoms with Gasteiger partial charge in [0.15, 0.2) is 0 Å². The van der Waals surface area contributed by atoms with Gasteiger partial charge >= 0.3 is 0 Å². The van der Waals surface area contributed by atoms with Crippen LogP contribution in [-0.2, 0) is 13.0 Å². The number of aliphatic hydroxyl groups excluding tert-OH is 1. The van der Waals surface area contributed by atoms with E-state index < -0.39 is 0 Å². The van der Waals surface area contributed by atoms with Crippen molar-refractivity contribution in [3.05, 3.63) is 70.8 Å². The summed E-state index contributed by atoms with van der Waals surface area (Å²) in [6.45, 7) is -0.0917. The molecule has 0 saturated carbocycles. The van der Waals surface area contributed by atoms with Crippen LogP contribution in [-0.4, -0.2) is 5.11 Å². The number of aliphatic hydroxyl groups is 1. The second-order valence-corrected chi connectivity index (χ2v) is 3.88. The van der Waals surface area contributed by atoms with E-state index in [4.69, 9.17) is 5.26 Å². The molecule has 0 fully saturated rings. The molecule has 0 aliphatic carbocycles. The summed E-state index contributed by atoms with van der Waals surface area (Å²) in [4.78, 5) is 0. The van der Waals surface area contributed by atoms with Gasteiger partial charge in [0.25, 0.3) is 0 Å². The molecule has 0 spiro atoms. The fraction of sp³-hybridized carbons (Fsp3) is 0.133. The van der Waals surface area contributed by atoms with Crippen molar-refractivity contribution in [2.75, 3.05) is 0 Å². The zero-order valence-electron chi connectivity index (χ0n) is 9.43. The van der Waals surface area contributed by atoms with E-state index in [1.54, 1.807) is 6.07 Å². The van der Waals surface area contributed by atoms with Crippen molar-refractivity contribution in [2.24, 2.45) is 0 Å². The molecule has 0 atom stereocenters. The zero-order chi connectivity index (χ0) is 12.1. The third-order valence-corrected chi connectivity index (χ3v) is 2.76. The number of nitriles is 1. The van der Waals surface area contributed by atoms with Crippen LogP contribution in [0.15, 0.2) is 48.5 Å². The van der Waals surface area contributed by atoms with Gasteiger partial charge in [-0.2, -0.15) is 5.26 Å². The third kappa shape index (κ3) is 2.52. The lowest BCUT2D eigenvalue weighted by atomic mass is 9.97. The highest BCUT2D eigenvalue weighted by Crippen LogP contribution is 2.17. The van der Waals surface area contributed by atoms with Gasteiger partial charge < -0.3 is 5.11 Å². The highest BCUT2D eigenvalue weighted by atomic mass is 16.3. The first-order valence-corrected chi connectivity index (χ1v) is 5.51. The first-order chi connectivity index (χ1) is 8.35. The topological polar surface area (TPSA) is 44.0 Å². The molecule has 2 aromatic carbocycles. The van der Waals surface area contributed by atoms with Crippen LogP contribution in [0.4, 0.5) is 0 Å². The molecule has 0 aliphatic heterocycles. The Labute approximate surface area is 101 Å². The van der Waals surface area contributed by atoms with E-state index in [0.29, 0.717) is 11.1 Å². The molecule has 0 saturated heterocycles. The Bertz CT molecular complexity index is 541. The van der Waals surface area contributed by atoms with Crippen molar-refractivity contribution >= 4 is 0 Å². The van der Waals surface area contributed by atoms with Crippen molar-refractivity contribution < 1.29 is 5.11 Å². The van der Waals surface area contributed by atoms with Gasteiger partial charge in [-0.1, -0.05) is 48.5 Å². The van der Waals surface area contributed by atoms with Gasteiger partial charge in [0.1, 0.15) is 0 Å². The standard InChI is InChI=1S/C15H13NO/c16-10-15-13(7-4-8-14(15)11-17)9-12-5-2-1-3-6-12/h1-8,17H,9,11H2. The maximum Gasteiger partial charge on any atom is 0.0998 e. The van der Waals surface area contributed by atoms with Crippen molar-refractivity contribution in [3.8, 4) is 6.07 Å². The normalized spacial score (nSPS) is 9.88. The van der Waals surface area contributed by atoms with Gasteiger partial charge in [-0.25, -0.2) is 0 Å². The van der Waals surface area contributed by atoms with Crippen molar-refractivity contribution in [1.82, 2.24) is 0 Å². The summed E-state index contributed by atoms with van der Waals surface area (Å²) in [6.07, 6.45) is 0.720. The fourth-order valence-electron chi connectivity index (χ4n) is 1.89. The maximum atomic E-state index is 9.19. The van der Waals surface area contributed by atoms with Crippen molar-refractivity contribution in [3.63, 3.8) is 0 Å². The maximum absolute atomic E-state index is 9.19. The molecule has 0 heterocycles. The summed E-state index contributed by atoms with van der Waals surface area (Å²) in [5, 5.41) is 18.3. The van der Waals surface area contributed by atoms with Crippen LogP contribution in [0.3, 0.4) is 0 Å². The Hall–Kier alpha value is -2.11. The van der Waals surface area contributed by atoms with Gasteiger partial charge in [-0.3, -0.25) is 0 Å². The molecule has 0 radical (unpaired) electrons. The lowest BCUT2D eigenvalue weighted by Crippen LogP contribution is -1.97. The van der Waals surface area contributed by atoms with E-state index in [1.165, 1.54) is 5.56 Å². The Morgan fingerprint density at radius 3 is 2.29 bits per heavy atom. The van der Waals surface area contributed by atoms with Crippen molar-refractivity contribution in [1.29, 1.82) is 5.26 Å². The minimum atomic E-state index is -0.0917. The largest absolute Gasteiger partial charge is 0.392 e. The summed E-state index contributed by atoms with van der Waals surface area (Å²) in [7, 11) is 0. The van der Waals surface area contributed by atoms with Crippen molar-refractivity contribution in [2.45, 2.75) is 13.0 Å². The summed E-state index contributed by atoms with van der Waals surface area (Å²) < 4.78 is 0. The lowest BCUT2D eigenvalue weighted by Gasteiger charge is -2.07. The lowest BCUT2D eigenvalue weighted by molar-refractivity contribution is 0.281. The average molecular weight is 223 g/mol.